The van der Waals surface area contributed by atoms with E-state index in [9.17, 15) is 13.2 Å². The van der Waals surface area contributed by atoms with Crippen LogP contribution >= 0.6 is 15.9 Å². The zero-order chi connectivity index (χ0) is 20.0. The van der Waals surface area contributed by atoms with Gasteiger partial charge in [0.15, 0.2) is 6.61 Å². The van der Waals surface area contributed by atoms with Gasteiger partial charge in [0.05, 0.1) is 18.0 Å². The lowest BCUT2D eigenvalue weighted by Gasteiger charge is -2.20. The lowest BCUT2D eigenvalue weighted by Crippen LogP contribution is -2.31. The predicted octanol–water partition coefficient (Wildman–Crippen LogP) is 3.49. The lowest BCUT2D eigenvalue weighted by molar-refractivity contribution is -0.123. The fraction of sp³-hybridized carbons (Fsp3) is 0.316. The summed E-state index contributed by atoms with van der Waals surface area (Å²) in [6.07, 6.45) is 1.16. The van der Waals surface area contributed by atoms with Gasteiger partial charge in [-0.1, -0.05) is 28.1 Å². The number of sulfonamides is 1. The summed E-state index contributed by atoms with van der Waals surface area (Å²) < 4.78 is 31.2. The minimum absolute atomic E-state index is 0.124. The van der Waals surface area contributed by atoms with E-state index in [1.807, 2.05) is 31.2 Å². The SMILES string of the molecule is CCN(c1ccc(OCC(=O)NC(C)c2cccc(Br)c2)cc1)S(C)(=O)=O. The van der Waals surface area contributed by atoms with Crippen LogP contribution in [0.1, 0.15) is 25.5 Å². The van der Waals surface area contributed by atoms with E-state index in [1.54, 1.807) is 31.2 Å². The molecule has 27 heavy (non-hydrogen) atoms. The maximum atomic E-state index is 12.1. The normalized spacial score (nSPS) is 12.3. The summed E-state index contributed by atoms with van der Waals surface area (Å²) in [6.45, 7) is 3.89. The van der Waals surface area contributed by atoms with Crippen LogP contribution in [0.3, 0.4) is 0 Å². The minimum Gasteiger partial charge on any atom is -0.484 e. The van der Waals surface area contributed by atoms with Crippen LogP contribution in [-0.2, 0) is 14.8 Å². The summed E-state index contributed by atoms with van der Waals surface area (Å²) in [7, 11) is -3.32. The van der Waals surface area contributed by atoms with Crippen molar-refractivity contribution in [1.82, 2.24) is 5.32 Å². The Morgan fingerprint density at radius 3 is 2.44 bits per heavy atom. The molecule has 0 heterocycles. The van der Waals surface area contributed by atoms with E-state index < -0.39 is 10.0 Å². The molecule has 0 bridgehead atoms. The second-order valence-electron chi connectivity index (χ2n) is 6.05. The van der Waals surface area contributed by atoms with Crippen LogP contribution in [0.2, 0.25) is 0 Å². The molecule has 0 saturated heterocycles. The van der Waals surface area contributed by atoms with E-state index in [0.717, 1.165) is 16.3 Å². The molecule has 1 amide bonds. The third kappa shape index (κ3) is 6.25. The number of anilines is 1. The Bertz CT molecular complexity index is 885. The Morgan fingerprint density at radius 2 is 1.89 bits per heavy atom. The number of ether oxygens (including phenoxy) is 1. The average molecular weight is 455 g/mol. The molecule has 0 aliphatic heterocycles. The van der Waals surface area contributed by atoms with Crippen molar-refractivity contribution in [3.63, 3.8) is 0 Å². The summed E-state index contributed by atoms with van der Waals surface area (Å²) in [5.41, 5.74) is 1.54. The van der Waals surface area contributed by atoms with Crippen LogP contribution in [0.25, 0.3) is 0 Å². The Hall–Kier alpha value is -2.06. The van der Waals surface area contributed by atoms with E-state index in [-0.39, 0.29) is 18.6 Å². The molecule has 1 unspecified atom stereocenters. The molecule has 0 spiro atoms. The Kier molecular flexibility index (Phi) is 7.26. The van der Waals surface area contributed by atoms with Gasteiger partial charge in [-0.05, 0) is 55.8 Å². The van der Waals surface area contributed by atoms with Crippen LogP contribution in [-0.4, -0.2) is 33.7 Å². The number of hydrogen-bond acceptors (Lipinski definition) is 4. The third-order valence-corrected chi connectivity index (χ3v) is 5.67. The summed E-state index contributed by atoms with van der Waals surface area (Å²) in [6, 6.07) is 14.2. The molecule has 2 rings (SSSR count). The van der Waals surface area contributed by atoms with Gasteiger partial charge in [0.25, 0.3) is 5.91 Å². The average Bonchev–Trinajstić information content (AvgIpc) is 2.60. The molecule has 0 aromatic heterocycles. The Balaban J connectivity index is 1.91. The van der Waals surface area contributed by atoms with Crippen molar-refractivity contribution in [2.75, 3.05) is 23.7 Å². The fourth-order valence-corrected chi connectivity index (χ4v) is 4.00. The van der Waals surface area contributed by atoms with Crippen LogP contribution in [0, 0.1) is 0 Å². The van der Waals surface area contributed by atoms with Crippen LogP contribution in [0.4, 0.5) is 5.69 Å². The zero-order valence-electron chi connectivity index (χ0n) is 15.5. The summed E-state index contributed by atoms with van der Waals surface area (Å²) in [4.78, 5) is 12.1. The standard InChI is InChI=1S/C19H23BrN2O4S/c1-4-22(27(3,24)25)17-8-10-18(11-9-17)26-13-19(23)21-14(2)15-6-5-7-16(20)12-15/h5-12,14H,4,13H2,1-3H3,(H,21,23). The number of nitrogens with one attached hydrogen (secondary N) is 1. The number of benzene rings is 2. The van der Waals surface area contributed by atoms with E-state index in [1.165, 1.54) is 4.31 Å². The number of carbonyl (C=O) groups is 1. The predicted molar refractivity (Wildman–Crippen MR) is 111 cm³/mol. The Labute approximate surface area is 168 Å². The number of carbonyl (C=O) groups excluding carboxylic acids is 1. The second kappa shape index (κ2) is 9.23. The lowest BCUT2D eigenvalue weighted by atomic mass is 10.1. The van der Waals surface area contributed by atoms with Gasteiger partial charge in [-0.3, -0.25) is 9.10 Å². The van der Waals surface area contributed by atoms with Gasteiger partial charge in [0, 0.05) is 11.0 Å². The van der Waals surface area contributed by atoms with Gasteiger partial charge in [-0.15, -0.1) is 0 Å². The molecule has 2 aromatic carbocycles. The molecular formula is C19H23BrN2O4S. The molecule has 0 radical (unpaired) electrons. The highest BCUT2D eigenvalue weighted by Gasteiger charge is 2.15. The van der Waals surface area contributed by atoms with Gasteiger partial charge < -0.3 is 10.1 Å². The zero-order valence-corrected chi connectivity index (χ0v) is 17.9. The van der Waals surface area contributed by atoms with Crippen molar-refractivity contribution in [1.29, 1.82) is 0 Å². The van der Waals surface area contributed by atoms with Gasteiger partial charge in [0.2, 0.25) is 10.0 Å². The second-order valence-corrected chi connectivity index (χ2v) is 8.88. The van der Waals surface area contributed by atoms with Crippen molar-refractivity contribution in [3.05, 3.63) is 58.6 Å². The van der Waals surface area contributed by atoms with Gasteiger partial charge in [-0.25, -0.2) is 8.42 Å². The monoisotopic (exact) mass is 454 g/mol. The molecule has 0 aliphatic carbocycles. The summed E-state index contributed by atoms with van der Waals surface area (Å²) in [5, 5.41) is 2.88. The molecular weight excluding hydrogens is 432 g/mol. The largest absolute Gasteiger partial charge is 0.484 e. The Morgan fingerprint density at radius 1 is 1.22 bits per heavy atom. The molecule has 0 saturated carbocycles. The van der Waals surface area contributed by atoms with Crippen molar-refractivity contribution < 1.29 is 17.9 Å². The van der Waals surface area contributed by atoms with Crippen molar-refractivity contribution >= 4 is 37.5 Å². The molecule has 2 aromatic rings. The smallest absolute Gasteiger partial charge is 0.258 e. The van der Waals surface area contributed by atoms with E-state index in [2.05, 4.69) is 21.2 Å². The quantitative estimate of drug-likeness (QED) is 0.661. The van der Waals surface area contributed by atoms with Gasteiger partial charge >= 0.3 is 0 Å². The summed E-state index contributed by atoms with van der Waals surface area (Å²) >= 11 is 3.41. The molecule has 6 nitrogen and oxygen atoms in total. The first kappa shape index (κ1) is 21.2. The van der Waals surface area contributed by atoms with E-state index in [4.69, 9.17) is 4.74 Å². The van der Waals surface area contributed by atoms with Gasteiger partial charge in [-0.2, -0.15) is 0 Å². The van der Waals surface area contributed by atoms with Crippen molar-refractivity contribution in [3.8, 4) is 5.75 Å². The first-order chi connectivity index (χ1) is 12.7. The number of amides is 1. The fourth-order valence-electron chi connectivity index (χ4n) is 2.61. The maximum absolute atomic E-state index is 12.1. The van der Waals surface area contributed by atoms with E-state index in [0.29, 0.717) is 18.0 Å². The summed E-state index contributed by atoms with van der Waals surface area (Å²) in [5.74, 6) is 0.256. The van der Waals surface area contributed by atoms with Crippen molar-refractivity contribution in [2.45, 2.75) is 19.9 Å². The first-order valence-electron chi connectivity index (χ1n) is 8.46. The van der Waals surface area contributed by atoms with Crippen LogP contribution < -0.4 is 14.4 Å². The van der Waals surface area contributed by atoms with Gasteiger partial charge in [0.1, 0.15) is 5.75 Å². The number of hydrogen-bond donors (Lipinski definition) is 1. The third-order valence-electron chi connectivity index (χ3n) is 3.91. The highest BCUT2D eigenvalue weighted by molar-refractivity contribution is 9.10. The highest BCUT2D eigenvalue weighted by Crippen LogP contribution is 2.21. The molecule has 0 fully saturated rings. The van der Waals surface area contributed by atoms with Crippen LogP contribution in [0.5, 0.6) is 5.75 Å². The molecule has 1 atom stereocenters. The first-order valence-corrected chi connectivity index (χ1v) is 11.1. The highest BCUT2D eigenvalue weighted by atomic mass is 79.9. The van der Waals surface area contributed by atoms with Crippen molar-refractivity contribution in [2.24, 2.45) is 0 Å². The number of rotatable bonds is 8. The molecule has 146 valence electrons. The molecule has 8 heteroatoms. The molecule has 0 aliphatic rings. The minimum atomic E-state index is -3.32. The van der Waals surface area contributed by atoms with E-state index >= 15 is 0 Å². The number of halogens is 1. The maximum Gasteiger partial charge on any atom is 0.258 e. The topological polar surface area (TPSA) is 75.7 Å². The molecule has 1 N–H and O–H groups in total. The van der Waals surface area contributed by atoms with Crippen LogP contribution in [0.15, 0.2) is 53.0 Å². The number of nitrogens with zero attached hydrogens (tertiary/aromatic N) is 1.